The smallest absolute Gasteiger partial charge is 0.326 e. The minimum Gasteiger partial charge on any atom is -0.481 e. The van der Waals surface area contributed by atoms with Crippen LogP contribution in [0.5, 0.6) is 0 Å². The van der Waals surface area contributed by atoms with Crippen molar-refractivity contribution in [3.05, 3.63) is 0 Å². The van der Waals surface area contributed by atoms with Crippen molar-refractivity contribution in [3.63, 3.8) is 0 Å². The number of rotatable bonds is 25. The molecule has 0 radical (unpaired) electrons. The first-order valence-corrected chi connectivity index (χ1v) is 19.6. The van der Waals surface area contributed by atoms with Gasteiger partial charge in [0.2, 0.25) is 47.3 Å². The summed E-state index contributed by atoms with van der Waals surface area (Å²) in [5, 5.41) is 33.1. The first-order valence-electron chi connectivity index (χ1n) is 19.6. The average Bonchev–Trinajstić information content (AvgIpc) is 3.65. The van der Waals surface area contributed by atoms with E-state index in [0.29, 0.717) is 12.8 Å². The van der Waals surface area contributed by atoms with Gasteiger partial charge in [-0.1, -0.05) is 34.1 Å². The summed E-state index contributed by atoms with van der Waals surface area (Å²) in [6.07, 6.45) is -0.128. The van der Waals surface area contributed by atoms with Crippen LogP contribution in [-0.4, -0.2) is 142 Å². The molecule has 1 heterocycles. The van der Waals surface area contributed by atoms with Gasteiger partial charge in [0.05, 0.1) is 18.9 Å². The number of nitrogens with zero attached hydrogens (tertiary/aromatic N) is 2. The van der Waals surface area contributed by atoms with Gasteiger partial charge in [-0.2, -0.15) is 0 Å². The number of amides is 8. The van der Waals surface area contributed by atoms with Crippen molar-refractivity contribution >= 4 is 65.2 Å². The van der Waals surface area contributed by atoms with E-state index in [-0.39, 0.29) is 38.3 Å². The van der Waals surface area contributed by atoms with E-state index < -0.39 is 132 Å². The van der Waals surface area contributed by atoms with Crippen LogP contribution in [0.2, 0.25) is 0 Å². The van der Waals surface area contributed by atoms with Crippen molar-refractivity contribution in [2.75, 3.05) is 13.1 Å². The number of carboxylic acid groups (broad SMARTS) is 2. The molecule has 0 aromatic heterocycles. The molecule has 9 atom stereocenters. The number of hydrogen-bond donors (Lipinski definition) is 12. The van der Waals surface area contributed by atoms with Crippen molar-refractivity contribution in [2.24, 2.45) is 39.8 Å². The summed E-state index contributed by atoms with van der Waals surface area (Å²) in [7, 11) is 0. The average molecular weight is 855 g/mol. The molecule has 1 saturated heterocycles. The Morgan fingerprint density at radius 2 is 1.27 bits per heavy atom. The van der Waals surface area contributed by atoms with Gasteiger partial charge in [0, 0.05) is 13.1 Å². The van der Waals surface area contributed by atoms with Gasteiger partial charge in [-0.05, 0) is 51.4 Å². The first kappa shape index (κ1) is 51.9. The molecule has 60 heavy (non-hydrogen) atoms. The Morgan fingerprint density at radius 1 is 0.717 bits per heavy atom. The van der Waals surface area contributed by atoms with E-state index in [1.165, 1.54) is 18.7 Å². The number of likely N-dealkylation sites (tertiary alicyclic amines) is 1. The van der Waals surface area contributed by atoms with Crippen molar-refractivity contribution in [3.8, 4) is 0 Å². The van der Waals surface area contributed by atoms with Crippen LogP contribution in [0.1, 0.15) is 86.5 Å². The van der Waals surface area contributed by atoms with Crippen molar-refractivity contribution in [2.45, 2.75) is 135 Å². The number of primary amides is 1. The molecule has 16 N–H and O–H groups in total. The number of hydrogen-bond acceptors (Lipinski definition) is 12. The standard InChI is InChI=1S/C36H62N12O12/c1-7-17(4)27(33(57)43-18(5)28(52)45-22(35(59)60)15-24(38)49)47-32(56)26(16(2)3)46-29(53)19(6)42-31(55)23-11-9-13-48(23)34(58)21(10-8-12-41-36(39)40)44-30(54)20(37)14-25(50)51/h16-23,26-27H,7-15,37H2,1-6H3,(H2,38,49)(H,42,55)(H,43,57)(H,44,54)(H,45,52)(H,46,53)(H,47,56)(H,50,51)(H,59,60)(H4,39,40,41)/t17-,18-,19-,20-,21-,22-,23-,26-,27-/m0/s1. The second-order valence-electron chi connectivity index (χ2n) is 15.0. The second kappa shape index (κ2) is 24.8. The van der Waals surface area contributed by atoms with Gasteiger partial charge >= 0.3 is 11.9 Å². The highest BCUT2D eigenvalue weighted by molar-refractivity contribution is 5.98. The fourth-order valence-corrected chi connectivity index (χ4v) is 6.02. The molecule has 1 aliphatic rings. The number of nitrogens with two attached hydrogens (primary N) is 4. The number of aliphatic carboxylic acids is 2. The van der Waals surface area contributed by atoms with Crippen molar-refractivity contribution < 1.29 is 58.2 Å². The molecular formula is C36H62N12O12. The molecule has 338 valence electrons. The number of carbonyl (C=O) groups is 10. The van der Waals surface area contributed by atoms with E-state index in [1.54, 1.807) is 27.7 Å². The fourth-order valence-electron chi connectivity index (χ4n) is 6.02. The summed E-state index contributed by atoms with van der Waals surface area (Å²) >= 11 is 0. The van der Waals surface area contributed by atoms with Crippen LogP contribution in [0, 0.1) is 11.8 Å². The Labute approximate surface area is 347 Å². The maximum Gasteiger partial charge on any atom is 0.326 e. The third-order valence-corrected chi connectivity index (χ3v) is 9.69. The van der Waals surface area contributed by atoms with Gasteiger partial charge in [0.1, 0.15) is 42.3 Å². The highest BCUT2D eigenvalue weighted by atomic mass is 16.4. The van der Waals surface area contributed by atoms with Crippen molar-refractivity contribution in [1.29, 1.82) is 0 Å². The molecule has 8 amide bonds. The maximum atomic E-state index is 13.8. The van der Waals surface area contributed by atoms with Crippen LogP contribution in [0.25, 0.3) is 0 Å². The highest BCUT2D eigenvalue weighted by Crippen LogP contribution is 2.20. The van der Waals surface area contributed by atoms with Gasteiger partial charge in [-0.25, -0.2) is 4.79 Å². The predicted molar refractivity (Wildman–Crippen MR) is 214 cm³/mol. The van der Waals surface area contributed by atoms with Crippen LogP contribution in [0.15, 0.2) is 4.99 Å². The molecule has 1 fully saturated rings. The second-order valence-corrected chi connectivity index (χ2v) is 15.0. The van der Waals surface area contributed by atoms with E-state index in [1.807, 2.05) is 0 Å². The van der Waals surface area contributed by atoms with Crippen LogP contribution < -0.4 is 54.8 Å². The zero-order chi connectivity index (χ0) is 46.0. The Bertz CT molecular complexity index is 1620. The van der Waals surface area contributed by atoms with Gasteiger partial charge in [0.15, 0.2) is 5.96 Å². The SMILES string of the molecule is CC[C@H](C)[C@H](NC(=O)[C@@H](NC(=O)[C@H](C)NC(=O)[C@@H]1CCCN1C(=O)[C@H](CCCN=C(N)N)NC(=O)[C@@H](N)CC(=O)O)C(C)C)C(=O)N[C@@H](C)C(=O)N[C@@H](CC(N)=O)C(=O)O. The lowest BCUT2D eigenvalue weighted by atomic mass is 9.96. The summed E-state index contributed by atoms with van der Waals surface area (Å²) in [6.45, 7) is 9.55. The van der Waals surface area contributed by atoms with Gasteiger partial charge in [-0.15, -0.1) is 0 Å². The Kier molecular flexibility index (Phi) is 21.4. The lowest BCUT2D eigenvalue weighted by Crippen LogP contribution is -2.61. The lowest BCUT2D eigenvalue weighted by Gasteiger charge is -2.31. The van der Waals surface area contributed by atoms with E-state index in [2.05, 4.69) is 36.9 Å². The molecule has 0 unspecified atom stereocenters. The monoisotopic (exact) mass is 854 g/mol. The first-order chi connectivity index (χ1) is 27.9. The minimum absolute atomic E-state index is 0.0168. The summed E-state index contributed by atoms with van der Waals surface area (Å²) in [4.78, 5) is 132. The molecule has 0 bridgehead atoms. The summed E-state index contributed by atoms with van der Waals surface area (Å²) in [6, 6.07) is -10.3. The van der Waals surface area contributed by atoms with E-state index >= 15 is 0 Å². The number of guanidine groups is 1. The largest absolute Gasteiger partial charge is 0.481 e. The molecule has 24 nitrogen and oxygen atoms in total. The molecule has 0 aromatic carbocycles. The fraction of sp³-hybridized carbons (Fsp3) is 0.694. The molecule has 1 rings (SSSR count). The molecule has 0 aromatic rings. The van der Waals surface area contributed by atoms with Gasteiger partial charge < -0.3 is 69.9 Å². The van der Waals surface area contributed by atoms with Crippen molar-refractivity contribution in [1.82, 2.24) is 36.8 Å². The Hall–Kier alpha value is -6.07. The van der Waals surface area contributed by atoms with E-state index in [9.17, 15) is 53.1 Å². The predicted octanol–water partition coefficient (Wildman–Crippen LogP) is -4.56. The molecule has 0 saturated carbocycles. The lowest BCUT2D eigenvalue weighted by molar-refractivity contribution is -0.143. The summed E-state index contributed by atoms with van der Waals surface area (Å²) in [5.74, 6) is -10.5. The number of nitrogens with one attached hydrogen (secondary N) is 6. The van der Waals surface area contributed by atoms with Gasteiger partial charge in [0.25, 0.3) is 0 Å². The minimum atomic E-state index is -1.63. The van der Waals surface area contributed by atoms with Crippen LogP contribution in [0.4, 0.5) is 0 Å². The quantitative estimate of drug-likeness (QED) is 0.0234. The number of aliphatic imine (C=N–C) groups is 1. The zero-order valence-electron chi connectivity index (χ0n) is 34.8. The maximum absolute atomic E-state index is 13.8. The van der Waals surface area contributed by atoms with E-state index in [0.717, 1.165) is 0 Å². The highest BCUT2D eigenvalue weighted by Gasteiger charge is 2.40. The number of carbonyl (C=O) groups excluding carboxylic acids is 8. The summed E-state index contributed by atoms with van der Waals surface area (Å²) < 4.78 is 0. The van der Waals surface area contributed by atoms with E-state index in [4.69, 9.17) is 28.0 Å². The normalized spacial score (nSPS) is 17.5. The van der Waals surface area contributed by atoms with Gasteiger partial charge in [-0.3, -0.25) is 48.1 Å². The molecule has 24 heteroatoms. The molecular weight excluding hydrogens is 792 g/mol. The summed E-state index contributed by atoms with van der Waals surface area (Å²) in [5.41, 5.74) is 21.5. The number of carboxylic acids is 2. The molecule has 0 spiro atoms. The molecule has 0 aliphatic carbocycles. The molecule has 1 aliphatic heterocycles. The Morgan fingerprint density at radius 3 is 1.80 bits per heavy atom. The van der Waals surface area contributed by atoms with Crippen LogP contribution >= 0.6 is 0 Å². The Balaban J connectivity index is 3.08. The zero-order valence-corrected chi connectivity index (χ0v) is 34.8. The topological polar surface area (TPSA) is 403 Å². The third kappa shape index (κ3) is 17.0. The third-order valence-electron chi connectivity index (χ3n) is 9.69. The van der Waals surface area contributed by atoms with Crippen LogP contribution in [-0.2, 0) is 47.9 Å². The van der Waals surface area contributed by atoms with Crippen LogP contribution in [0.3, 0.4) is 0 Å².